The van der Waals surface area contributed by atoms with Crippen molar-refractivity contribution in [2.45, 2.75) is 33.0 Å². The molecule has 0 saturated heterocycles. The number of benzene rings is 1. The Balaban J connectivity index is 1.94. The molecule has 0 fully saturated rings. The number of hydrogen-bond donors (Lipinski definition) is 1. The minimum absolute atomic E-state index is 0.189. The molecule has 1 amide bonds. The van der Waals surface area contributed by atoms with Gasteiger partial charge in [0.1, 0.15) is 0 Å². The van der Waals surface area contributed by atoms with Crippen molar-refractivity contribution in [1.29, 1.82) is 0 Å². The Morgan fingerprint density at radius 1 is 1.17 bits per heavy atom. The van der Waals surface area contributed by atoms with Crippen molar-refractivity contribution in [2.75, 3.05) is 0 Å². The average Bonchev–Trinajstić information content (AvgIpc) is 3.14. The third-order valence-electron chi connectivity index (χ3n) is 4.25. The second-order valence-electron chi connectivity index (χ2n) is 6.33. The van der Waals surface area contributed by atoms with Crippen molar-refractivity contribution in [3.8, 4) is 5.69 Å². The second kappa shape index (κ2) is 8.20. The zero-order valence-electron chi connectivity index (χ0n) is 15.7. The molecule has 2 aromatic heterocycles. The van der Waals surface area contributed by atoms with Crippen LogP contribution >= 0.6 is 11.3 Å². The predicted molar refractivity (Wildman–Crippen MR) is 104 cm³/mol. The van der Waals surface area contributed by atoms with E-state index in [0.29, 0.717) is 0 Å². The number of rotatable bonds is 5. The fraction of sp³-hybridized carbons (Fsp3) is 0.250. The molecule has 1 N–H and O–H groups in total. The van der Waals surface area contributed by atoms with E-state index in [2.05, 4.69) is 10.4 Å². The molecule has 1 aromatic carbocycles. The van der Waals surface area contributed by atoms with Gasteiger partial charge in [-0.1, -0.05) is 19.1 Å². The molecule has 0 bridgehead atoms. The van der Waals surface area contributed by atoms with Gasteiger partial charge in [0.15, 0.2) is 5.69 Å². The summed E-state index contributed by atoms with van der Waals surface area (Å²) >= 11 is 1.54. The van der Waals surface area contributed by atoms with Crippen LogP contribution in [0.4, 0.5) is 13.2 Å². The molecule has 3 rings (SSSR count). The number of nitrogens with one attached hydrogen (secondary N) is 1. The van der Waals surface area contributed by atoms with Crippen LogP contribution in [0.15, 0.2) is 47.3 Å². The number of halogens is 3. The summed E-state index contributed by atoms with van der Waals surface area (Å²) < 4.78 is 41.1. The van der Waals surface area contributed by atoms with Crippen LogP contribution in [-0.4, -0.2) is 15.7 Å². The molecule has 0 saturated carbocycles. The molecule has 0 spiro atoms. The first-order valence-corrected chi connectivity index (χ1v) is 9.65. The molecule has 9 heteroatoms. The Bertz CT molecular complexity index is 1100. The highest BCUT2D eigenvalue weighted by atomic mass is 32.1. The van der Waals surface area contributed by atoms with Crippen LogP contribution in [0.1, 0.15) is 38.4 Å². The number of carbonyl (C=O) groups is 1. The van der Waals surface area contributed by atoms with Crippen LogP contribution in [0.5, 0.6) is 0 Å². The number of para-hydroxylation sites is 1. The molecular formula is C20H18F3N3O2S. The number of alkyl halides is 3. The zero-order valence-corrected chi connectivity index (χ0v) is 16.5. The monoisotopic (exact) mass is 421 g/mol. The molecular weight excluding hydrogens is 403 g/mol. The minimum Gasteiger partial charge on any atom is -0.346 e. The standard InChI is InChI=1S/C20H18F3N3O2S/c1-3-13-8-9-14(29-13)11-24-19(28)18-17(27)10-12(2)26(25-18)16-7-5-4-6-15(16)20(21,22)23/h4-10H,3,11H2,1-2H3,(H,24,28). The van der Waals surface area contributed by atoms with E-state index >= 15 is 0 Å². The first-order valence-electron chi connectivity index (χ1n) is 8.84. The highest BCUT2D eigenvalue weighted by Gasteiger charge is 2.34. The van der Waals surface area contributed by atoms with Gasteiger partial charge in [0.2, 0.25) is 5.43 Å². The summed E-state index contributed by atoms with van der Waals surface area (Å²) in [7, 11) is 0. The lowest BCUT2D eigenvalue weighted by molar-refractivity contribution is -0.137. The van der Waals surface area contributed by atoms with Crippen LogP contribution in [0.3, 0.4) is 0 Å². The maximum Gasteiger partial charge on any atom is 0.418 e. The summed E-state index contributed by atoms with van der Waals surface area (Å²) in [5, 5.41) is 6.56. The molecule has 0 atom stereocenters. The number of aromatic nitrogens is 2. The topological polar surface area (TPSA) is 64.0 Å². The van der Waals surface area contributed by atoms with Crippen molar-refractivity contribution in [1.82, 2.24) is 15.1 Å². The van der Waals surface area contributed by atoms with E-state index in [1.165, 1.54) is 36.5 Å². The Morgan fingerprint density at radius 3 is 2.52 bits per heavy atom. The normalized spacial score (nSPS) is 11.5. The maximum atomic E-state index is 13.4. The molecule has 0 unspecified atom stereocenters. The van der Waals surface area contributed by atoms with Crippen molar-refractivity contribution >= 4 is 17.2 Å². The Labute approximate surface area is 168 Å². The molecule has 3 aromatic rings. The van der Waals surface area contributed by atoms with Crippen LogP contribution in [0.25, 0.3) is 5.69 Å². The Kier molecular flexibility index (Phi) is 5.88. The number of nitrogens with zero attached hydrogens (tertiary/aromatic N) is 2. The highest BCUT2D eigenvalue weighted by Crippen LogP contribution is 2.33. The average molecular weight is 421 g/mol. The lowest BCUT2D eigenvalue weighted by atomic mass is 10.1. The highest BCUT2D eigenvalue weighted by molar-refractivity contribution is 7.11. The van der Waals surface area contributed by atoms with Gasteiger partial charge in [-0.2, -0.15) is 18.3 Å². The molecule has 0 aliphatic carbocycles. The lowest BCUT2D eigenvalue weighted by Gasteiger charge is -2.16. The minimum atomic E-state index is -4.60. The van der Waals surface area contributed by atoms with Crippen molar-refractivity contribution in [3.05, 3.63) is 79.4 Å². The van der Waals surface area contributed by atoms with Crippen molar-refractivity contribution in [3.63, 3.8) is 0 Å². The van der Waals surface area contributed by atoms with E-state index in [0.717, 1.165) is 33.0 Å². The Hall–Kier alpha value is -2.94. The molecule has 0 aliphatic heterocycles. The number of amides is 1. The van der Waals surface area contributed by atoms with Gasteiger partial charge in [0, 0.05) is 21.5 Å². The summed E-state index contributed by atoms with van der Waals surface area (Å²) in [6.45, 7) is 3.68. The van der Waals surface area contributed by atoms with E-state index in [1.807, 2.05) is 19.1 Å². The molecule has 2 heterocycles. The van der Waals surface area contributed by atoms with Gasteiger partial charge in [-0.25, -0.2) is 4.68 Å². The number of thiophene rings is 1. The summed E-state index contributed by atoms with van der Waals surface area (Å²) in [5.74, 6) is -0.736. The first kappa shape index (κ1) is 20.8. The van der Waals surface area contributed by atoms with E-state index in [-0.39, 0.29) is 17.9 Å². The number of carbonyl (C=O) groups excluding carboxylic acids is 1. The van der Waals surface area contributed by atoms with E-state index in [1.54, 1.807) is 0 Å². The van der Waals surface area contributed by atoms with Gasteiger partial charge in [-0.05, 0) is 37.6 Å². The fourth-order valence-corrected chi connectivity index (χ4v) is 3.70. The van der Waals surface area contributed by atoms with Crippen LogP contribution in [-0.2, 0) is 19.1 Å². The van der Waals surface area contributed by atoms with Crippen LogP contribution < -0.4 is 10.7 Å². The number of hydrogen-bond acceptors (Lipinski definition) is 4. The molecule has 5 nitrogen and oxygen atoms in total. The van der Waals surface area contributed by atoms with Gasteiger partial charge in [-0.3, -0.25) is 9.59 Å². The van der Waals surface area contributed by atoms with Gasteiger partial charge in [0.25, 0.3) is 5.91 Å². The summed E-state index contributed by atoms with van der Waals surface area (Å²) in [4.78, 5) is 26.8. The fourth-order valence-electron chi connectivity index (χ4n) is 2.81. The first-order chi connectivity index (χ1) is 13.7. The predicted octanol–water partition coefficient (Wildman–Crippen LogP) is 4.11. The van der Waals surface area contributed by atoms with Crippen molar-refractivity contribution < 1.29 is 18.0 Å². The number of aryl methyl sites for hydroxylation is 2. The molecule has 0 aliphatic rings. The van der Waals surface area contributed by atoms with Crippen LogP contribution in [0, 0.1) is 6.92 Å². The van der Waals surface area contributed by atoms with Gasteiger partial charge >= 0.3 is 6.18 Å². The van der Waals surface area contributed by atoms with Gasteiger partial charge in [0.05, 0.1) is 17.8 Å². The smallest absolute Gasteiger partial charge is 0.346 e. The largest absolute Gasteiger partial charge is 0.418 e. The second-order valence-corrected chi connectivity index (χ2v) is 7.58. The van der Waals surface area contributed by atoms with E-state index in [4.69, 9.17) is 0 Å². The van der Waals surface area contributed by atoms with E-state index in [9.17, 15) is 22.8 Å². The maximum absolute atomic E-state index is 13.4. The third-order valence-corrected chi connectivity index (χ3v) is 5.48. The molecule has 29 heavy (non-hydrogen) atoms. The lowest BCUT2D eigenvalue weighted by Crippen LogP contribution is -2.31. The Morgan fingerprint density at radius 2 is 1.86 bits per heavy atom. The summed E-state index contributed by atoms with van der Waals surface area (Å²) in [5.41, 5.74) is -2.08. The summed E-state index contributed by atoms with van der Waals surface area (Å²) in [6, 6.07) is 9.81. The summed E-state index contributed by atoms with van der Waals surface area (Å²) in [6.07, 6.45) is -3.73. The van der Waals surface area contributed by atoms with Gasteiger partial charge < -0.3 is 5.32 Å². The van der Waals surface area contributed by atoms with Crippen molar-refractivity contribution in [2.24, 2.45) is 0 Å². The quantitative estimate of drug-likeness (QED) is 0.674. The van der Waals surface area contributed by atoms with Crippen LogP contribution in [0.2, 0.25) is 0 Å². The van der Waals surface area contributed by atoms with E-state index < -0.39 is 28.8 Å². The molecule has 152 valence electrons. The SMILES string of the molecule is CCc1ccc(CNC(=O)c2nn(-c3ccccc3C(F)(F)F)c(C)cc2=O)s1. The zero-order chi connectivity index (χ0) is 21.2. The van der Waals surface area contributed by atoms with Gasteiger partial charge in [-0.15, -0.1) is 11.3 Å². The molecule has 0 radical (unpaired) electrons. The third kappa shape index (κ3) is 4.56.